The summed E-state index contributed by atoms with van der Waals surface area (Å²) in [5.74, 6) is -0.373. The molecule has 94 valence electrons. The van der Waals surface area contributed by atoms with Crippen molar-refractivity contribution in [3.63, 3.8) is 0 Å². The van der Waals surface area contributed by atoms with Crippen LogP contribution in [-0.2, 0) is 6.42 Å². The molecule has 1 N–H and O–H groups in total. The van der Waals surface area contributed by atoms with Gasteiger partial charge in [-0.3, -0.25) is 4.98 Å². The number of halogens is 1. The van der Waals surface area contributed by atoms with Gasteiger partial charge in [0.15, 0.2) is 0 Å². The van der Waals surface area contributed by atoms with Crippen molar-refractivity contribution in [3.05, 3.63) is 64.7 Å². The number of aromatic nitrogens is 1. The Bertz CT molecular complexity index is 554. The van der Waals surface area contributed by atoms with Gasteiger partial charge in [-0.05, 0) is 31.5 Å². The number of rotatable bonds is 3. The Kier molecular flexibility index (Phi) is 3.72. The van der Waals surface area contributed by atoms with Crippen molar-refractivity contribution in [2.75, 3.05) is 0 Å². The van der Waals surface area contributed by atoms with Gasteiger partial charge in [-0.25, -0.2) is 4.39 Å². The maximum Gasteiger partial charge on any atom is 0.129 e. The highest BCUT2D eigenvalue weighted by molar-refractivity contribution is 5.28. The number of aliphatic hydroxyl groups excluding tert-OH is 1. The third-order valence-corrected chi connectivity index (χ3v) is 3.02. The summed E-state index contributed by atoms with van der Waals surface area (Å²) in [5.41, 5.74) is 3.07. The second kappa shape index (κ2) is 5.27. The fourth-order valence-corrected chi connectivity index (χ4v) is 1.94. The second-order valence-corrected chi connectivity index (χ2v) is 4.51. The molecule has 2 aromatic rings. The molecule has 0 saturated heterocycles. The molecule has 0 aliphatic rings. The average molecular weight is 245 g/mol. The molecule has 0 radical (unpaired) electrons. The van der Waals surface area contributed by atoms with E-state index in [1.807, 2.05) is 26.0 Å². The Balaban J connectivity index is 2.25. The van der Waals surface area contributed by atoms with E-state index in [0.29, 0.717) is 12.0 Å². The molecular formula is C15H16FNO. The average Bonchev–Trinajstić information content (AvgIpc) is 2.35. The van der Waals surface area contributed by atoms with Crippen LogP contribution < -0.4 is 0 Å². The number of hydrogen-bond acceptors (Lipinski definition) is 2. The van der Waals surface area contributed by atoms with Gasteiger partial charge in [-0.1, -0.05) is 23.8 Å². The predicted molar refractivity (Wildman–Crippen MR) is 68.8 cm³/mol. The van der Waals surface area contributed by atoms with E-state index in [1.165, 1.54) is 6.07 Å². The van der Waals surface area contributed by atoms with Crippen molar-refractivity contribution >= 4 is 0 Å². The highest BCUT2D eigenvalue weighted by Gasteiger charge is 2.15. The topological polar surface area (TPSA) is 33.1 Å². The van der Waals surface area contributed by atoms with Gasteiger partial charge in [0.1, 0.15) is 5.82 Å². The van der Waals surface area contributed by atoms with E-state index in [0.717, 1.165) is 16.8 Å². The van der Waals surface area contributed by atoms with Crippen LogP contribution in [0.2, 0.25) is 0 Å². The standard InChI is InChI=1S/C15H16FNO/c1-10-5-6-13(16)12(8-10)15(18)9-14-11(2)4-3-7-17-14/h3-8,15,18H,9H2,1-2H3. The molecule has 0 amide bonds. The normalized spacial score (nSPS) is 12.4. The van der Waals surface area contributed by atoms with Gasteiger partial charge in [-0.15, -0.1) is 0 Å². The van der Waals surface area contributed by atoms with E-state index in [-0.39, 0.29) is 5.82 Å². The minimum Gasteiger partial charge on any atom is -0.388 e. The molecule has 0 spiro atoms. The van der Waals surface area contributed by atoms with Crippen LogP contribution in [0.15, 0.2) is 36.5 Å². The van der Waals surface area contributed by atoms with Crippen molar-refractivity contribution in [2.45, 2.75) is 26.4 Å². The quantitative estimate of drug-likeness (QED) is 0.901. The third-order valence-electron chi connectivity index (χ3n) is 3.02. The lowest BCUT2D eigenvalue weighted by atomic mass is 10.0. The molecular weight excluding hydrogens is 229 g/mol. The molecule has 0 fully saturated rings. The fraction of sp³-hybridized carbons (Fsp3) is 0.267. The number of benzene rings is 1. The summed E-state index contributed by atoms with van der Waals surface area (Å²) >= 11 is 0. The zero-order valence-corrected chi connectivity index (χ0v) is 10.5. The summed E-state index contributed by atoms with van der Waals surface area (Å²) in [4.78, 5) is 4.21. The van der Waals surface area contributed by atoms with Crippen LogP contribution in [0, 0.1) is 19.7 Å². The van der Waals surface area contributed by atoms with Gasteiger partial charge in [0.2, 0.25) is 0 Å². The zero-order valence-electron chi connectivity index (χ0n) is 10.5. The summed E-state index contributed by atoms with van der Waals surface area (Å²) in [6, 6.07) is 8.54. The van der Waals surface area contributed by atoms with Crippen molar-refractivity contribution < 1.29 is 9.50 Å². The molecule has 3 heteroatoms. The molecule has 0 aliphatic carbocycles. The van der Waals surface area contributed by atoms with E-state index >= 15 is 0 Å². The van der Waals surface area contributed by atoms with Crippen LogP contribution in [0.25, 0.3) is 0 Å². The van der Waals surface area contributed by atoms with Gasteiger partial charge in [0, 0.05) is 23.9 Å². The Labute approximate surface area is 106 Å². The number of hydrogen-bond donors (Lipinski definition) is 1. The largest absolute Gasteiger partial charge is 0.388 e. The molecule has 1 atom stereocenters. The maximum absolute atomic E-state index is 13.6. The third kappa shape index (κ3) is 2.74. The second-order valence-electron chi connectivity index (χ2n) is 4.51. The van der Waals surface area contributed by atoms with Crippen LogP contribution in [0.5, 0.6) is 0 Å². The van der Waals surface area contributed by atoms with E-state index < -0.39 is 6.10 Å². The zero-order chi connectivity index (χ0) is 13.1. The molecule has 0 bridgehead atoms. The maximum atomic E-state index is 13.6. The summed E-state index contributed by atoms with van der Waals surface area (Å²) in [6.07, 6.45) is 1.15. The Morgan fingerprint density at radius 1 is 1.28 bits per heavy atom. The number of pyridine rings is 1. The first kappa shape index (κ1) is 12.7. The first-order chi connectivity index (χ1) is 8.58. The molecule has 1 aromatic carbocycles. The lowest BCUT2D eigenvalue weighted by molar-refractivity contribution is 0.172. The van der Waals surface area contributed by atoms with E-state index in [9.17, 15) is 9.50 Å². The van der Waals surface area contributed by atoms with Crippen LogP contribution in [-0.4, -0.2) is 10.1 Å². The minimum atomic E-state index is -0.863. The Morgan fingerprint density at radius 2 is 2.06 bits per heavy atom. The molecule has 0 aliphatic heterocycles. The summed E-state index contributed by atoms with van der Waals surface area (Å²) in [5, 5.41) is 10.1. The molecule has 18 heavy (non-hydrogen) atoms. The van der Waals surface area contributed by atoms with Crippen LogP contribution >= 0.6 is 0 Å². The number of aliphatic hydroxyl groups is 1. The Morgan fingerprint density at radius 3 is 2.78 bits per heavy atom. The predicted octanol–water partition coefficient (Wildman–Crippen LogP) is 3.11. The molecule has 0 saturated carbocycles. The van der Waals surface area contributed by atoms with Crippen molar-refractivity contribution in [1.29, 1.82) is 0 Å². The SMILES string of the molecule is Cc1ccc(F)c(C(O)Cc2ncccc2C)c1. The van der Waals surface area contributed by atoms with Gasteiger partial charge in [-0.2, -0.15) is 0 Å². The molecule has 1 heterocycles. The van der Waals surface area contributed by atoms with Crippen molar-refractivity contribution in [2.24, 2.45) is 0 Å². The summed E-state index contributed by atoms with van der Waals surface area (Å²) < 4.78 is 13.6. The molecule has 2 rings (SSSR count). The van der Waals surface area contributed by atoms with E-state index in [1.54, 1.807) is 18.3 Å². The number of aryl methyl sites for hydroxylation is 2. The first-order valence-electron chi connectivity index (χ1n) is 5.92. The number of nitrogens with zero attached hydrogens (tertiary/aromatic N) is 1. The Hall–Kier alpha value is -1.74. The van der Waals surface area contributed by atoms with Crippen molar-refractivity contribution in [3.8, 4) is 0 Å². The summed E-state index contributed by atoms with van der Waals surface area (Å²) in [7, 11) is 0. The van der Waals surface area contributed by atoms with Crippen LogP contribution in [0.1, 0.15) is 28.5 Å². The van der Waals surface area contributed by atoms with Gasteiger partial charge in [0.25, 0.3) is 0 Å². The molecule has 1 unspecified atom stereocenters. The fourth-order valence-electron chi connectivity index (χ4n) is 1.94. The highest BCUT2D eigenvalue weighted by Crippen LogP contribution is 2.22. The lowest BCUT2D eigenvalue weighted by Crippen LogP contribution is -2.07. The molecule has 1 aromatic heterocycles. The highest BCUT2D eigenvalue weighted by atomic mass is 19.1. The van der Waals surface area contributed by atoms with Crippen LogP contribution in [0.4, 0.5) is 4.39 Å². The van der Waals surface area contributed by atoms with Gasteiger partial charge >= 0.3 is 0 Å². The van der Waals surface area contributed by atoms with Crippen molar-refractivity contribution in [1.82, 2.24) is 4.98 Å². The lowest BCUT2D eigenvalue weighted by Gasteiger charge is -2.13. The van der Waals surface area contributed by atoms with Gasteiger partial charge < -0.3 is 5.11 Å². The minimum absolute atomic E-state index is 0.326. The monoisotopic (exact) mass is 245 g/mol. The smallest absolute Gasteiger partial charge is 0.129 e. The van der Waals surface area contributed by atoms with Gasteiger partial charge in [0.05, 0.1) is 6.10 Å². The van der Waals surface area contributed by atoms with E-state index in [4.69, 9.17) is 0 Å². The van der Waals surface area contributed by atoms with Crippen LogP contribution in [0.3, 0.4) is 0 Å². The summed E-state index contributed by atoms with van der Waals surface area (Å²) in [6.45, 7) is 3.81. The first-order valence-corrected chi connectivity index (χ1v) is 5.92. The molecule has 2 nitrogen and oxygen atoms in total. The van der Waals surface area contributed by atoms with E-state index in [2.05, 4.69) is 4.98 Å².